The second-order valence-corrected chi connectivity index (χ2v) is 7.95. The Morgan fingerprint density at radius 1 is 1.42 bits per heavy atom. The van der Waals surface area contributed by atoms with Crippen molar-refractivity contribution in [1.82, 2.24) is 19.7 Å². The van der Waals surface area contributed by atoms with E-state index in [0.717, 1.165) is 10.3 Å². The van der Waals surface area contributed by atoms with Crippen LogP contribution in [0.25, 0.3) is 11.0 Å². The molecule has 0 saturated carbocycles. The number of ether oxygens (including phenoxy) is 1. The molecule has 26 heavy (non-hydrogen) atoms. The highest BCUT2D eigenvalue weighted by molar-refractivity contribution is 6.29. The molecule has 1 atom stereocenters. The molecule has 3 rings (SSSR count). The first kappa shape index (κ1) is 18.8. The third-order valence-electron chi connectivity index (χ3n) is 4.29. The van der Waals surface area contributed by atoms with E-state index in [-0.39, 0.29) is 24.7 Å². The van der Waals surface area contributed by atoms with Gasteiger partial charge < -0.3 is 14.2 Å². The Hall–Kier alpha value is -1.96. The second-order valence-electron chi connectivity index (χ2n) is 7.56. The van der Waals surface area contributed by atoms with Crippen LogP contribution in [0.2, 0.25) is 5.15 Å². The van der Waals surface area contributed by atoms with E-state index >= 15 is 0 Å². The minimum absolute atomic E-state index is 0.0922. The number of nitrogens with zero attached hydrogens (tertiary/aromatic N) is 4. The summed E-state index contributed by atoms with van der Waals surface area (Å²) in [5.41, 5.74) is -0.201. The Morgan fingerprint density at radius 2 is 2.15 bits per heavy atom. The second kappa shape index (κ2) is 6.64. The van der Waals surface area contributed by atoms with Crippen LogP contribution < -0.4 is 0 Å². The highest BCUT2D eigenvalue weighted by atomic mass is 35.5. The molecule has 0 aliphatic carbocycles. The van der Waals surface area contributed by atoms with Crippen molar-refractivity contribution in [3.05, 3.63) is 23.5 Å². The zero-order valence-electron chi connectivity index (χ0n) is 14.9. The van der Waals surface area contributed by atoms with Gasteiger partial charge in [0, 0.05) is 30.6 Å². The lowest BCUT2D eigenvalue weighted by atomic mass is 9.93. The largest absolute Gasteiger partial charge is 0.444 e. The highest BCUT2D eigenvalue weighted by Gasteiger charge is 2.46. The summed E-state index contributed by atoms with van der Waals surface area (Å²) in [6.07, 6.45) is 1.17. The maximum absolute atomic E-state index is 14.6. The SMILES string of the molecule is CC(C)(C)OC(=O)N1CCC(Cn2ccc3cc(Cl)nnc32)C(F)(F)C1. The molecule has 0 radical (unpaired) electrons. The van der Waals surface area contributed by atoms with Crippen molar-refractivity contribution >= 4 is 28.7 Å². The van der Waals surface area contributed by atoms with E-state index in [0.29, 0.717) is 5.65 Å². The number of fused-ring (bicyclic) bond motifs is 1. The number of carbonyl (C=O) groups excluding carboxylic acids is 1. The standard InChI is InChI=1S/C17H21ClF2N4O2/c1-16(2,3)26-15(25)24-7-5-12(17(19,20)10-24)9-23-6-4-11-8-13(18)21-22-14(11)23/h4,6,8,12H,5,7,9-10H2,1-3H3. The van der Waals surface area contributed by atoms with Crippen molar-refractivity contribution in [1.29, 1.82) is 0 Å². The number of carbonyl (C=O) groups is 1. The quantitative estimate of drug-likeness (QED) is 0.783. The summed E-state index contributed by atoms with van der Waals surface area (Å²) >= 11 is 5.80. The predicted molar refractivity (Wildman–Crippen MR) is 93.4 cm³/mol. The Balaban J connectivity index is 1.71. The molecule has 1 fully saturated rings. The minimum Gasteiger partial charge on any atom is -0.444 e. The molecule has 9 heteroatoms. The van der Waals surface area contributed by atoms with Gasteiger partial charge in [0.25, 0.3) is 5.92 Å². The van der Waals surface area contributed by atoms with Crippen molar-refractivity contribution in [2.24, 2.45) is 5.92 Å². The van der Waals surface area contributed by atoms with Crippen LogP contribution in [-0.4, -0.2) is 50.4 Å². The van der Waals surface area contributed by atoms with E-state index in [1.165, 1.54) is 0 Å². The van der Waals surface area contributed by atoms with Crippen LogP contribution in [-0.2, 0) is 11.3 Å². The Morgan fingerprint density at radius 3 is 2.81 bits per heavy atom. The maximum atomic E-state index is 14.6. The van der Waals surface area contributed by atoms with Crippen LogP contribution in [0.15, 0.2) is 18.3 Å². The highest BCUT2D eigenvalue weighted by Crippen LogP contribution is 2.35. The van der Waals surface area contributed by atoms with Gasteiger partial charge >= 0.3 is 6.09 Å². The molecule has 1 saturated heterocycles. The molecule has 0 aromatic carbocycles. The predicted octanol–water partition coefficient (Wildman–Crippen LogP) is 3.98. The van der Waals surface area contributed by atoms with Crippen LogP contribution >= 0.6 is 11.6 Å². The first-order valence-electron chi connectivity index (χ1n) is 8.39. The number of aromatic nitrogens is 3. The van der Waals surface area contributed by atoms with E-state index in [1.807, 2.05) is 0 Å². The van der Waals surface area contributed by atoms with Gasteiger partial charge in [-0.2, -0.15) is 0 Å². The fourth-order valence-corrected chi connectivity index (χ4v) is 3.19. The lowest BCUT2D eigenvalue weighted by Gasteiger charge is -2.38. The minimum atomic E-state index is -3.02. The fraction of sp³-hybridized carbons (Fsp3) is 0.588. The smallest absolute Gasteiger partial charge is 0.410 e. The molecular formula is C17H21ClF2N4O2. The summed E-state index contributed by atoms with van der Waals surface area (Å²) in [6, 6.07) is 3.41. The summed E-state index contributed by atoms with van der Waals surface area (Å²) in [7, 11) is 0. The van der Waals surface area contributed by atoms with Crippen molar-refractivity contribution < 1.29 is 18.3 Å². The molecule has 0 N–H and O–H groups in total. The number of amides is 1. The number of rotatable bonds is 2. The molecular weight excluding hydrogens is 366 g/mol. The molecule has 1 aliphatic rings. The van der Waals surface area contributed by atoms with E-state index in [9.17, 15) is 13.6 Å². The van der Waals surface area contributed by atoms with Crippen LogP contribution in [0, 0.1) is 5.92 Å². The molecule has 2 aromatic rings. The lowest BCUT2D eigenvalue weighted by Crippen LogP contribution is -2.52. The van der Waals surface area contributed by atoms with Gasteiger partial charge in [0.2, 0.25) is 0 Å². The van der Waals surface area contributed by atoms with Gasteiger partial charge in [0.05, 0.1) is 6.54 Å². The van der Waals surface area contributed by atoms with Crippen molar-refractivity contribution in [3.63, 3.8) is 0 Å². The van der Waals surface area contributed by atoms with Gasteiger partial charge in [-0.1, -0.05) is 11.6 Å². The van der Waals surface area contributed by atoms with Gasteiger partial charge in [-0.25, -0.2) is 13.6 Å². The molecule has 1 unspecified atom stereocenters. The Kier molecular flexibility index (Phi) is 4.81. The summed E-state index contributed by atoms with van der Waals surface area (Å²) in [5.74, 6) is -3.93. The van der Waals surface area contributed by atoms with E-state index < -0.39 is 30.1 Å². The van der Waals surface area contributed by atoms with Gasteiger partial charge in [-0.05, 0) is 39.3 Å². The molecule has 1 amide bonds. The Bertz CT molecular complexity index is 819. The maximum Gasteiger partial charge on any atom is 0.410 e. The number of hydrogen-bond acceptors (Lipinski definition) is 4. The molecule has 142 valence electrons. The van der Waals surface area contributed by atoms with Gasteiger partial charge in [-0.3, -0.25) is 0 Å². The van der Waals surface area contributed by atoms with Crippen LogP contribution in [0.5, 0.6) is 0 Å². The molecule has 2 aromatic heterocycles. The van der Waals surface area contributed by atoms with Gasteiger partial charge in [0.15, 0.2) is 10.8 Å². The van der Waals surface area contributed by atoms with Crippen molar-refractivity contribution in [3.8, 4) is 0 Å². The lowest BCUT2D eigenvalue weighted by molar-refractivity contribution is -0.114. The number of piperidine rings is 1. The molecule has 6 nitrogen and oxygen atoms in total. The molecule has 0 spiro atoms. The normalized spacial score (nSPS) is 20.4. The Labute approximate surface area is 155 Å². The number of halogens is 3. The summed E-state index contributed by atoms with van der Waals surface area (Å²) < 4.78 is 36.1. The third-order valence-corrected chi connectivity index (χ3v) is 4.48. The summed E-state index contributed by atoms with van der Waals surface area (Å²) in [4.78, 5) is 13.1. The van der Waals surface area contributed by atoms with Gasteiger partial charge in [0.1, 0.15) is 5.60 Å². The van der Waals surface area contributed by atoms with Crippen LogP contribution in [0.4, 0.5) is 13.6 Å². The average molecular weight is 387 g/mol. The van der Waals surface area contributed by atoms with E-state index in [4.69, 9.17) is 16.3 Å². The zero-order chi connectivity index (χ0) is 19.1. The monoisotopic (exact) mass is 386 g/mol. The molecule has 1 aliphatic heterocycles. The third kappa shape index (κ3) is 4.06. The van der Waals surface area contributed by atoms with Crippen molar-refractivity contribution in [2.75, 3.05) is 13.1 Å². The zero-order valence-corrected chi connectivity index (χ0v) is 15.6. The van der Waals surface area contributed by atoms with Gasteiger partial charge in [-0.15, -0.1) is 10.2 Å². The number of alkyl halides is 2. The first-order valence-corrected chi connectivity index (χ1v) is 8.77. The number of hydrogen-bond donors (Lipinski definition) is 0. The average Bonchev–Trinajstić information content (AvgIpc) is 2.89. The van der Waals surface area contributed by atoms with Crippen LogP contribution in [0.1, 0.15) is 27.2 Å². The van der Waals surface area contributed by atoms with Crippen LogP contribution in [0.3, 0.4) is 0 Å². The van der Waals surface area contributed by atoms with Crippen molar-refractivity contribution in [2.45, 2.75) is 45.3 Å². The topological polar surface area (TPSA) is 60.2 Å². The van der Waals surface area contributed by atoms with E-state index in [2.05, 4.69) is 10.2 Å². The van der Waals surface area contributed by atoms with E-state index in [1.54, 1.807) is 43.7 Å². The summed E-state index contributed by atoms with van der Waals surface area (Å²) in [5, 5.41) is 8.77. The molecule has 3 heterocycles. The first-order chi connectivity index (χ1) is 12.0. The molecule has 0 bridgehead atoms. The number of likely N-dealkylation sites (tertiary alicyclic amines) is 1. The fourth-order valence-electron chi connectivity index (χ4n) is 3.04. The summed E-state index contributed by atoms with van der Waals surface area (Å²) in [6.45, 7) is 4.80.